The maximum absolute atomic E-state index is 13.2. The molecule has 210 valence electrons. The van der Waals surface area contributed by atoms with Gasteiger partial charge in [-0.15, -0.1) is 0 Å². The largest absolute Gasteiger partial charge is 0.484 e. The average Bonchev–Trinajstić information content (AvgIpc) is 3.53. The number of amides is 2. The topological polar surface area (TPSA) is 62.3 Å². The van der Waals surface area contributed by atoms with E-state index in [0.29, 0.717) is 36.7 Å². The SMILES string of the molecule is CN(C)c1cccc(OCC(=O)N2CC[C@H]3CN(C(=O)c4ccc(Oc5ccc(C(F)(F)F)cc5)cc4)C[C@H]32)c1. The van der Waals surface area contributed by atoms with Crippen molar-refractivity contribution in [1.82, 2.24) is 9.80 Å². The van der Waals surface area contributed by atoms with Crippen LogP contribution in [0.4, 0.5) is 18.9 Å². The molecular formula is C30H30F3N3O4. The second kappa shape index (κ2) is 11.1. The van der Waals surface area contributed by atoms with Gasteiger partial charge in [0.15, 0.2) is 6.61 Å². The highest BCUT2D eigenvalue weighted by Crippen LogP contribution is 2.34. The third-order valence-corrected chi connectivity index (χ3v) is 7.37. The van der Waals surface area contributed by atoms with Crippen LogP contribution in [0.15, 0.2) is 72.8 Å². The highest BCUT2D eigenvalue weighted by molar-refractivity contribution is 5.94. The van der Waals surface area contributed by atoms with Gasteiger partial charge in [-0.2, -0.15) is 13.2 Å². The summed E-state index contributed by atoms with van der Waals surface area (Å²) in [5.41, 5.74) is 0.704. The summed E-state index contributed by atoms with van der Waals surface area (Å²) in [7, 11) is 3.88. The van der Waals surface area contributed by atoms with Crippen LogP contribution in [0.3, 0.4) is 0 Å². The van der Waals surface area contributed by atoms with Gasteiger partial charge in [-0.25, -0.2) is 0 Å². The molecule has 0 aromatic heterocycles. The van der Waals surface area contributed by atoms with E-state index in [1.807, 2.05) is 48.2 Å². The van der Waals surface area contributed by atoms with E-state index in [1.165, 1.54) is 12.1 Å². The first kappa shape index (κ1) is 27.4. The average molecular weight is 554 g/mol. The van der Waals surface area contributed by atoms with E-state index < -0.39 is 11.7 Å². The van der Waals surface area contributed by atoms with Gasteiger partial charge < -0.3 is 24.2 Å². The second-order valence-electron chi connectivity index (χ2n) is 10.2. The summed E-state index contributed by atoms with van der Waals surface area (Å²) < 4.78 is 49.7. The van der Waals surface area contributed by atoms with E-state index in [0.717, 1.165) is 24.2 Å². The molecule has 5 rings (SSSR count). The summed E-state index contributed by atoms with van der Waals surface area (Å²) in [5.74, 6) is 1.28. The number of rotatable bonds is 7. The lowest BCUT2D eigenvalue weighted by Crippen LogP contribution is -2.42. The standard InChI is InChI=1S/C30H30F3N3O4/c1-34(2)23-4-3-5-26(16-23)39-19-28(37)36-15-14-21-17-35(18-27(21)36)29(38)20-6-10-24(11-7-20)40-25-12-8-22(9-13-25)30(31,32)33/h3-13,16,21,27H,14-15,17-19H2,1-2H3/t21-,27+/m0/s1. The van der Waals surface area contributed by atoms with E-state index in [4.69, 9.17) is 9.47 Å². The number of hydrogen-bond donors (Lipinski definition) is 0. The molecular weight excluding hydrogens is 523 g/mol. The Balaban J connectivity index is 1.15. The first-order valence-corrected chi connectivity index (χ1v) is 13.0. The van der Waals surface area contributed by atoms with Crippen molar-refractivity contribution in [3.8, 4) is 17.2 Å². The van der Waals surface area contributed by atoms with Crippen LogP contribution in [0.2, 0.25) is 0 Å². The predicted octanol–water partition coefficient (Wildman–Crippen LogP) is 5.32. The molecule has 0 bridgehead atoms. The van der Waals surface area contributed by atoms with Crippen LogP contribution in [0.5, 0.6) is 17.2 Å². The van der Waals surface area contributed by atoms with Crippen molar-refractivity contribution >= 4 is 17.5 Å². The van der Waals surface area contributed by atoms with Gasteiger partial charge in [-0.05, 0) is 67.1 Å². The van der Waals surface area contributed by atoms with E-state index in [1.54, 1.807) is 29.2 Å². The Morgan fingerprint density at radius 3 is 2.25 bits per heavy atom. The molecule has 7 nitrogen and oxygen atoms in total. The fourth-order valence-corrected chi connectivity index (χ4v) is 5.21. The van der Waals surface area contributed by atoms with E-state index in [-0.39, 0.29) is 36.1 Å². The lowest BCUT2D eigenvalue weighted by Gasteiger charge is -2.25. The number of fused-ring (bicyclic) bond motifs is 1. The van der Waals surface area contributed by atoms with Crippen LogP contribution in [0.1, 0.15) is 22.3 Å². The van der Waals surface area contributed by atoms with E-state index >= 15 is 0 Å². The molecule has 0 aliphatic carbocycles. The summed E-state index contributed by atoms with van der Waals surface area (Å²) in [4.78, 5) is 31.8. The van der Waals surface area contributed by atoms with Gasteiger partial charge in [-0.3, -0.25) is 9.59 Å². The van der Waals surface area contributed by atoms with Gasteiger partial charge in [0, 0.05) is 57.0 Å². The minimum absolute atomic E-state index is 0.0459. The number of halogens is 3. The molecule has 3 aromatic rings. The van der Waals surface area contributed by atoms with Crippen molar-refractivity contribution in [1.29, 1.82) is 0 Å². The molecule has 2 saturated heterocycles. The minimum Gasteiger partial charge on any atom is -0.484 e. The number of likely N-dealkylation sites (tertiary alicyclic amines) is 2. The molecule has 2 fully saturated rings. The molecule has 2 atom stereocenters. The number of benzene rings is 3. The maximum atomic E-state index is 13.2. The Morgan fingerprint density at radius 1 is 0.925 bits per heavy atom. The summed E-state index contributed by atoms with van der Waals surface area (Å²) in [6.07, 6.45) is -3.58. The number of alkyl halides is 3. The van der Waals surface area contributed by atoms with E-state index in [9.17, 15) is 22.8 Å². The molecule has 10 heteroatoms. The minimum atomic E-state index is -4.41. The van der Waals surface area contributed by atoms with Crippen LogP contribution in [0.25, 0.3) is 0 Å². The number of nitrogens with zero attached hydrogens (tertiary/aromatic N) is 3. The summed E-state index contributed by atoms with van der Waals surface area (Å²) >= 11 is 0. The smallest absolute Gasteiger partial charge is 0.416 e. The van der Waals surface area contributed by atoms with Gasteiger partial charge >= 0.3 is 6.18 Å². The van der Waals surface area contributed by atoms with Crippen LogP contribution >= 0.6 is 0 Å². The molecule has 0 spiro atoms. The Kier molecular flexibility index (Phi) is 7.60. The molecule has 2 amide bonds. The van der Waals surface area contributed by atoms with Crippen LogP contribution in [-0.2, 0) is 11.0 Å². The van der Waals surface area contributed by atoms with Gasteiger partial charge in [-0.1, -0.05) is 6.07 Å². The highest BCUT2D eigenvalue weighted by atomic mass is 19.4. The van der Waals surface area contributed by atoms with Crippen molar-refractivity contribution in [3.05, 3.63) is 83.9 Å². The van der Waals surface area contributed by atoms with Gasteiger partial charge in [0.1, 0.15) is 17.2 Å². The van der Waals surface area contributed by atoms with Crippen molar-refractivity contribution in [2.24, 2.45) is 5.92 Å². The lowest BCUT2D eigenvalue weighted by molar-refractivity contribution is -0.137. The quantitative estimate of drug-likeness (QED) is 0.397. The molecule has 2 aliphatic heterocycles. The van der Waals surface area contributed by atoms with Gasteiger partial charge in [0.05, 0.1) is 11.6 Å². The molecule has 0 unspecified atom stereocenters. The van der Waals surface area contributed by atoms with Crippen molar-refractivity contribution in [2.75, 3.05) is 45.2 Å². The van der Waals surface area contributed by atoms with Crippen molar-refractivity contribution in [3.63, 3.8) is 0 Å². The van der Waals surface area contributed by atoms with Crippen LogP contribution in [0, 0.1) is 5.92 Å². The Labute approximate surface area is 230 Å². The Morgan fingerprint density at radius 2 is 1.60 bits per heavy atom. The third kappa shape index (κ3) is 6.00. The zero-order chi connectivity index (χ0) is 28.4. The zero-order valence-electron chi connectivity index (χ0n) is 22.2. The normalized spacial score (nSPS) is 18.4. The second-order valence-corrected chi connectivity index (χ2v) is 10.2. The highest BCUT2D eigenvalue weighted by Gasteiger charge is 2.44. The predicted molar refractivity (Wildman–Crippen MR) is 144 cm³/mol. The molecule has 0 radical (unpaired) electrons. The fraction of sp³-hybridized carbons (Fsp3) is 0.333. The third-order valence-electron chi connectivity index (χ3n) is 7.37. The summed E-state index contributed by atoms with van der Waals surface area (Å²) in [5, 5.41) is 0. The van der Waals surface area contributed by atoms with E-state index in [2.05, 4.69) is 0 Å². The zero-order valence-corrected chi connectivity index (χ0v) is 22.2. The molecule has 0 saturated carbocycles. The van der Waals surface area contributed by atoms with Gasteiger partial charge in [0.2, 0.25) is 0 Å². The number of carbonyl (C=O) groups excluding carboxylic acids is 2. The maximum Gasteiger partial charge on any atom is 0.416 e. The first-order chi connectivity index (χ1) is 19.1. The number of carbonyl (C=O) groups is 2. The molecule has 0 N–H and O–H groups in total. The Bertz CT molecular complexity index is 1360. The monoisotopic (exact) mass is 553 g/mol. The Hall–Kier alpha value is -4.21. The van der Waals surface area contributed by atoms with Crippen molar-refractivity contribution < 1.29 is 32.2 Å². The summed E-state index contributed by atoms with van der Waals surface area (Å²) in [6, 6.07) is 18.4. The number of anilines is 1. The van der Waals surface area contributed by atoms with Crippen LogP contribution < -0.4 is 14.4 Å². The van der Waals surface area contributed by atoms with Gasteiger partial charge in [0.25, 0.3) is 11.8 Å². The lowest BCUT2D eigenvalue weighted by atomic mass is 10.1. The number of ether oxygens (including phenoxy) is 2. The van der Waals surface area contributed by atoms with Crippen molar-refractivity contribution in [2.45, 2.75) is 18.6 Å². The first-order valence-electron chi connectivity index (χ1n) is 13.0. The number of hydrogen-bond acceptors (Lipinski definition) is 5. The molecule has 2 heterocycles. The molecule has 40 heavy (non-hydrogen) atoms. The molecule has 3 aromatic carbocycles. The summed E-state index contributed by atoms with van der Waals surface area (Å²) in [6.45, 7) is 1.61. The van der Waals surface area contributed by atoms with Crippen LogP contribution in [-0.4, -0.2) is 68.0 Å². The molecule has 2 aliphatic rings. The fourth-order valence-electron chi connectivity index (χ4n) is 5.21.